The third-order valence-corrected chi connectivity index (χ3v) is 2.63. The van der Waals surface area contributed by atoms with Gasteiger partial charge < -0.3 is 4.74 Å². The quantitative estimate of drug-likeness (QED) is 0.769. The minimum absolute atomic E-state index is 0.0452. The van der Waals surface area contributed by atoms with Crippen molar-refractivity contribution in [1.82, 2.24) is 10.2 Å². The van der Waals surface area contributed by atoms with Crippen LogP contribution in [0.15, 0.2) is 3.92 Å². The maximum absolute atomic E-state index is 5.04. The van der Waals surface area contributed by atoms with Gasteiger partial charge in [-0.2, -0.15) is 0 Å². The van der Waals surface area contributed by atoms with E-state index in [1.807, 2.05) is 6.92 Å². The number of nitrogens with zero attached hydrogens (tertiary/aromatic N) is 2. The van der Waals surface area contributed by atoms with Gasteiger partial charge in [0.25, 0.3) is 0 Å². The summed E-state index contributed by atoms with van der Waals surface area (Å²) < 4.78 is 5.83. The summed E-state index contributed by atoms with van der Waals surface area (Å²) >= 11 is 4.71. The summed E-state index contributed by atoms with van der Waals surface area (Å²) in [7, 11) is 1.65. The maximum atomic E-state index is 5.04. The van der Waals surface area contributed by atoms with Crippen LogP contribution in [-0.4, -0.2) is 17.3 Å². The molecule has 0 aromatic carbocycles. The van der Waals surface area contributed by atoms with Gasteiger partial charge in [-0.25, -0.2) is 0 Å². The number of methoxy groups -OCH3 is 1. The molecule has 0 spiro atoms. The van der Waals surface area contributed by atoms with E-state index in [0.717, 1.165) is 8.92 Å². The molecule has 1 heterocycles. The first kappa shape index (κ1) is 8.10. The minimum atomic E-state index is 0.0452. The molecule has 1 aromatic heterocycles. The lowest BCUT2D eigenvalue weighted by molar-refractivity contribution is 0.118. The van der Waals surface area contributed by atoms with E-state index in [1.54, 1.807) is 7.11 Å². The summed E-state index contributed by atoms with van der Waals surface area (Å²) in [5.74, 6) is 0. The number of ether oxygens (including phenoxy) is 1. The Morgan fingerprint density at radius 2 is 2.30 bits per heavy atom. The van der Waals surface area contributed by atoms with Crippen LogP contribution in [0.4, 0.5) is 0 Å². The number of hydrogen-bond acceptors (Lipinski definition) is 4. The van der Waals surface area contributed by atoms with Crippen molar-refractivity contribution < 1.29 is 4.74 Å². The van der Waals surface area contributed by atoms with E-state index in [0.29, 0.717) is 0 Å². The third-order valence-electron chi connectivity index (χ3n) is 1.12. The van der Waals surface area contributed by atoms with Gasteiger partial charge in [0.1, 0.15) is 11.1 Å². The molecule has 10 heavy (non-hydrogen) atoms. The summed E-state index contributed by atoms with van der Waals surface area (Å²) in [5, 5.41) is 8.57. The predicted octanol–water partition coefficient (Wildman–Crippen LogP) is 2.01. The van der Waals surface area contributed by atoms with Crippen molar-refractivity contribution in [3.8, 4) is 0 Å². The van der Waals surface area contributed by atoms with Crippen LogP contribution in [0.3, 0.4) is 0 Å². The highest BCUT2D eigenvalue weighted by molar-refractivity contribution is 9.11. The van der Waals surface area contributed by atoms with Crippen molar-refractivity contribution in [1.29, 1.82) is 0 Å². The van der Waals surface area contributed by atoms with Crippen molar-refractivity contribution in [3.63, 3.8) is 0 Å². The van der Waals surface area contributed by atoms with E-state index in [9.17, 15) is 0 Å². The Morgan fingerprint density at radius 3 is 2.70 bits per heavy atom. The Kier molecular flexibility index (Phi) is 2.76. The molecule has 0 saturated heterocycles. The number of hydrogen-bond donors (Lipinski definition) is 0. The van der Waals surface area contributed by atoms with Gasteiger partial charge in [0.2, 0.25) is 0 Å². The van der Waals surface area contributed by atoms with E-state index in [-0.39, 0.29) is 6.10 Å². The molecule has 0 radical (unpaired) electrons. The number of aromatic nitrogens is 2. The summed E-state index contributed by atoms with van der Waals surface area (Å²) in [6.07, 6.45) is 0.0452. The molecule has 0 aliphatic carbocycles. The largest absolute Gasteiger partial charge is 0.374 e. The Bertz CT molecular complexity index is 215. The van der Waals surface area contributed by atoms with E-state index in [1.165, 1.54) is 11.3 Å². The molecule has 0 bridgehead atoms. The fourth-order valence-corrected chi connectivity index (χ4v) is 1.66. The van der Waals surface area contributed by atoms with Crippen LogP contribution in [0.25, 0.3) is 0 Å². The Hall–Kier alpha value is -0.0000000000000000833. The fourth-order valence-electron chi connectivity index (χ4n) is 0.481. The van der Waals surface area contributed by atoms with Crippen molar-refractivity contribution in [2.45, 2.75) is 13.0 Å². The zero-order valence-electron chi connectivity index (χ0n) is 5.67. The van der Waals surface area contributed by atoms with Gasteiger partial charge in [-0.05, 0) is 22.9 Å². The van der Waals surface area contributed by atoms with Gasteiger partial charge in [0.05, 0.1) is 0 Å². The second kappa shape index (κ2) is 3.41. The smallest absolute Gasteiger partial charge is 0.183 e. The Morgan fingerprint density at radius 1 is 1.60 bits per heavy atom. The molecule has 0 N–H and O–H groups in total. The highest BCUT2D eigenvalue weighted by atomic mass is 79.9. The number of rotatable bonds is 2. The molecule has 1 aromatic rings. The van der Waals surface area contributed by atoms with Crippen molar-refractivity contribution in [2.24, 2.45) is 0 Å². The lowest BCUT2D eigenvalue weighted by atomic mass is 10.4. The SMILES string of the molecule is COC(C)c1nnc(Br)s1. The van der Waals surface area contributed by atoms with Gasteiger partial charge in [0.15, 0.2) is 3.92 Å². The molecule has 1 atom stereocenters. The fraction of sp³-hybridized carbons (Fsp3) is 0.600. The van der Waals surface area contributed by atoms with Crippen LogP contribution in [0.2, 0.25) is 0 Å². The van der Waals surface area contributed by atoms with Gasteiger partial charge in [0, 0.05) is 7.11 Å². The maximum Gasteiger partial charge on any atom is 0.183 e. The van der Waals surface area contributed by atoms with Crippen LogP contribution in [0.5, 0.6) is 0 Å². The highest BCUT2D eigenvalue weighted by Gasteiger charge is 2.08. The monoisotopic (exact) mass is 222 g/mol. The van der Waals surface area contributed by atoms with Gasteiger partial charge in [-0.3, -0.25) is 0 Å². The molecule has 0 aliphatic heterocycles. The molecule has 3 nitrogen and oxygen atoms in total. The predicted molar refractivity (Wildman–Crippen MR) is 43.0 cm³/mol. The van der Waals surface area contributed by atoms with Crippen LogP contribution < -0.4 is 0 Å². The minimum Gasteiger partial charge on any atom is -0.374 e. The summed E-state index contributed by atoms with van der Waals surface area (Å²) in [6, 6.07) is 0. The molecule has 0 fully saturated rings. The topological polar surface area (TPSA) is 35.0 Å². The van der Waals surface area contributed by atoms with E-state index < -0.39 is 0 Å². The average Bonchev–Trinajstić information content (AvgIpc) is 2.34. The molecular formula is C5H7BrN2OS. The first-order chi connectivity index (χ1) is 4.74. The molecule has 56 valence electrons. The van der Waals surface area contributed by atoms with Crippen LogP contribution in [0, 0.1) is 0 Å². The third kappa shape index (κ3) is 1.74. The summed E-state index contributed by atoms with van der Waals surface area (Å²) in [5.41, 5.74) is 0. The highest BCUT2D eigenvalue weighted by Crippen LogP contribution is 2.22. The first-order valence-electron chi connectivity index (χ1n) is 2.75. The van der Waals surface area contributed by atoms with Gasteiger partial charge in [-0.1, -0.05) is 11.3 Å². The molecule has 0 amide bonds. The molecular weight excluding hydrogens is 216 g/mol. The Balaban J connectivity index is 2.74. The van der Waals surface area contributed by atoms with Crippen molar-refractivity contribution >= 4 is 27.3 Å². The summed E-state index contributed by atoms with van der Waals surface area (Å²) in [6.45, 7) is 1.94. The second-order valence-electron chi connectivity index (χ2n) is 1.77. The molecule has 1 unspecified atom stereocenters. The van der Waals surface area contributed by atoms with Gasteiger partial charge >= 0.3 is 0 Å². The number of halogens is 1. The standard InChI is InChI=1S/C5H7BrN2OS/c1-3(9-2)4-7-8-5(6)10-4/h3H,1-2H3. The second-order valence-corrected chi connectivity index (χ2v) is 4.06. The van der Waals surface area contributed by atoms with Crippen LogP contribution in [-0.2, 0) is 4.74 Å². The van der Waals surface area contributed by atoms with Crippen molar-refractivity contribution in [2.75, 3.05) is 7.11 Å². The molecule has 0 saturated carbocycles. The van der Waals surface area contributed by atoms with Crippen LogP contribution in [0.1, 0.15) is 18.0 Å². The lowest BCUT2D eigenvalue weighted by Gasteiger charge is -2.01. The molecule has 5 heteroatoms. The van der Waals surface area contributed by atoms with Crippen molar-refractivity contribution in [3.05, 3.63) is 8.92 Å². The van der Waals surface area contributed by atoms with Crippen LogP contribution >= 0.6 is 27.3 Å². The molecule has 1 rings (SSSR count). The lowest BCUT2D eigenvalue weighted by Crippen LogP contribution is -1.93. The zero-order chi connectivity index (χ0) is 7.56. The first-order valence-corrected chi connectivity index (χ1v) is 4.36. The molecule has 0 aliphatic rings. The van der Waals surface area contributed by atoms with E-state index in [4.69, 9.17) is 4.74 Å². The zero-order valence-corrected chi connectivity index (χ0v) is 8.07. The summed E-state index contributed by atoms with van der Waals surface area (Å²) in [4.78, 5) is 0. The Labute approximate surface area is 71.6 Å². The average molecular weight is 223 g/mol. The van der Waals surface area contributed by atoms with E-state index in [2.05, 4.69) is 26.1 Å². The normalized spacial score (nSPS) is 13.5. The van der Waals surface area contributed by atoms with E-state index >= 15 is 0 Å². The van der Waals surface area contributed by atoms with Gasteiger partial charge in [-0.15, -0.1) is 10.2 Å².